The van der Waals surface area contributed by atoms with Crippen molar-refractivity contribution in [3.63, 3.8) is 0 Å². The number of hydrogen-bond acceptors (Lipinski definition) is 5. The second-order valence-electron chi connectivity index (χ2n) is 5.69. The Morgan fingerprint density at radius 3 is 2.74 bits per heavy atom. The lowest BCUT2D eigenvalue weighted by Gasteiger charge is -2.17. The smallest absolute Gasteiger partial charge is 0.273 e. The van der Waals surface area contributed by atoms with Crippen LogP contribution in [-0.4, -0.2) is 25.3 Å². The van der Waals surface area contributed by atoms with Gasteiger partial charge < -0.3 is 19.3 Å². The number of aromatic nitrogens is 1. The molecule has 1 aromatic heterocycles. The predicted molar refractivity (Wildman–Crippen MR) is 83.9 cm³/mol. The molecule has 0 radical (unpaired) electrons. The van der Waals surface area contributed by atoms with Crippen molar-refractivity contribution in [3.05, 3.63) is 41.3 Å². The first kappa shape index (κ1) is 15.4. The molecule has 2 aromatic rings. The van der Waals surface area contributed by atoms with Gasteiger partial charge in [0, 0.05) is 17.5 Å². The van der Waals surface area contributed by atoms with E-state index in [1.54, 1.807) is 20.3 Å². The molecular formula is C17H20N2O4. The molecular weight excluding hydrogens is 296 g/mol. The molecule has 1 N–H and O–H groups in total. The molecule has 1 heterocycles. The van der Waals surface area contributed by atoms with Gasteiger partial charge in [-0.2, -0.15) is 0 Å². The van der Waals surface area contributed by atoms with Crippen LogP contribution in [0.25, 0.3) is 0 Å². The number of benzene rings is 1. The van der Waals surface area contributed by atoms with Crippen molar-refractivity contribution >= 4 is 5.91 Å². The van der Waals surface area contributed by atoms with Gasteiger partial charge in [0.05, 0.1) is 20.3 Å². The molecule has 6 nitrogen and oxygen atoms in total. The van der Waals surface area contributed by atoms with Crippen LogP contribution in [0.5, 0.6) is 11.5 Å². The molecule has 1 saturated carbocycles. The highest BCUT2D eigenvalue weighted by atomic mass is 16.5. The Bertz CT molecular complexity index is 706. The monoisotopic (exact) mass is 316 g/mol. The lowest BCUT2D eigenvalue weighted by molar-refractivity contribution is 0.0930. The third kappa shape index (κ3) is 3.31. The van der Waals surface area contributed by atoms with Crippen LogP contribution in [0.3, 0.4) is 0 Å². The number of amides is 1. The minimum absolute atomic E-state index is 0.256. The van der Waals surface area contributed by atoms with Crippen molar-refractivity contribution in [1.82, 2.24) is 10.5 Å². The summed E-state index contributed by atoms with van der Waals surface area (Å²) < 4.78 is 15.8. The highest BCUT2D eigenvalue weighted by Gasteiger charge is 2.29. The first-order chi connectivity index (χ1) is 11.1. The first-order valence-electron chi connectivity index (χ1n) is 7.61. The zero-order valence-electron chi connectivity index (χ0n) is 13.5. The van der Waals surface area contributed by atoms with Gasteiger partial charge in [-0.15, -0.1) is 0 Å². The number of carbonyl (C=O) groups excluding carboxylic acids is 1. The topological polar surface area (TPSA) is 73.6 Å². The maximum absolute atomic E-state index is 12.3. The van der Waals surface area contributed by atoms with Crippen LogP contribution in [0.2, 0.25) is 0 Å². The van der Waals surface area contributed by atoms with E-state index >= 15 is 0 Å². The minimum atomic E-state index is -0.266. The van der Waals surface area contributed by atoms with E-state index in [-0.39, 0.29) is 11.9 Å². The molecule has 1 amide bonds. The van der Waals surface area contributed by atoms with Crippen molar-refractivity contribution in [3.8, 4) is 11.5 Å². The molecule has 0 bridgehead atoms. The van der Waals surface area contributed by atoms with Crippen LogP contribution >= 0.6 is 0 Å². The maximum Gasteiger partial charge on any atom is 0.273 e. The zero-order valence-corrected chi connectivity index (χ0v) is 13.5. The standard InChI is InChI=1S/C17H20N2O4/c1-10(13-8-12(21-2)6-7-15(13)22-3)18-17(20)14-9-16(23-19-14)11-4-5-11/h6-11H,4-5H2,1-3H3,(H,18,20). The lowest BCUT2D eigenvalue weighted by Crippen LogP contribution is -2.27. The number of nitrogens with zero attached hydrogens (tertiary/aromatic N) is 1. The average molecular weight is 316 g/mol. The van der Waals surface area contributed by atoms with Crippen LogP contribution < -0.4 is 14.8 Å². The highest BCUT2D eigenvalue weighted by molar-refractivity contribution is 5.92. The summed E-state index contributed by atoms with van der Waals surface area (Å²) in [5, 5.41) is 6.77. The molecule has 1 fully saturated rings. The van der Waals surface area contributed by atoms with Crippen molar-refractivity contribution in [1.29, 1.82) is 0 Å². The quantitative estimate of drug-likeness (QED) is 0.886. The Kier molecular flexibility index (Phi) is 4.23. The molecule has 0 spiro atoms. The zero-order chi connectivity index (χ0) is 16.4. The van der Waals surface area contributed by atoms with E-state index in [9.17, 15) is 4.79 Å². The predicted octanol–water partition coefficient (Wildman–Crippen LogP) is 3.06. The summed E-state index contributed by atoms with van der Waals surface area (Å²) in [5.41, 5.74) is 1.15. The Morgan fingerprint density at radius 2 is 2.09 bits per heavy atom. The van der Waals surface area contributed by atoms with E-state index in [1.165, 1.54) is 0 Å². The van der Waals surface area contributed by atoms with Gasteiger partial charge in [-0.3, -0.25) is 4.79 Å². The molecule has 0 saturated heterocycles. The van der Waals surface area contributed by atoms with Crippen molar-refractivity contribution in [2.24, 2.45) is 0 Å². The second-order valence-corrected chi connectivity index (χ2v) is 5.69. The van der Waals surface area contributed by atoms with Crippen molar-refractivity contribution in [2.45, 2.75) is 31.7 Å². The fourth-order valence-corrected chi connectivity index (χ4v) is 2.48. The maximum atomic E-state index is 12.3. The lowest BCUT2D eigenvalue weighted by atomic mass is 10.1. The first-order valence-corrected chi connectivity index (χ1v) is 7.61. The Hall–Kier alpha value is -2.50. The summed E-state index contributed by atoms with van der Waals surface area (Å²) in [6.45, 7) is 1.89. The molecule has 3 rings (SSSR count). The summed E-state index contributed by atoms with van der Waals surface area (Å²) in [6.07, 6.45) is 2.21. The largest absolute Gasteiger partial charge is 0.497 e. The molecule has 1 unspecified atom stereocenters. The molecule has 1 aromatic carbocycles. The van der Waals surface area contributed by atoms with Crippen molar-refractivity contribution in [2.75, 3.05) is 14.2 Å². The van der Waals surface area contributed by atoms with Crippen LogP contribution in [0, 0.1) is 0 Å². The number of methoxy groups -OCH3 is 2. The molecule has 1 aliphatic rings. The molecule has 6 heteroatoms. The van der Waals surface area contributed by atoms with Gasteiger partial charge in [0.1, 0.15) is 17.3 Å². The van der Waals surface area contributed by atoms with Crippen LogP contribution in [0.1, 0.15) is 53.5 Å². The normalized spacial score (nSPS) is 15.1. The van der Waals surface area contributed by atoms with Crippen LogP contribution in [-0.2, 0) is 0 Å². The van der Waals surface area contributed by atoms with E-state index in [4.69, 9.17) is 14.0 Å². The van der Waals surface area contributed by atoms with Gasteiger partial charge >= 0.3 is 0 Å². The van der Waals surface area contributed by atoms with Gasteiger partial charge in [0.15, 0.2) is 5.69 Å². The van der Waals surface area contributed by atoms with E-state index in [0.717, 1.165) is 24.2 Å². The van der Waals surface area contributed by atoms with E-state index in [2.05, 4.69) is 10.5 Å². The molecule has 0 aliphatic heterocycles. The fourth-order valence-electron chi connectivity index (χ4n) is 2.48. The molecule has 1 aliphatic carbocycles. The molecule has 23 heavy (non-hydrogen) atoms. The second kappa shape index (κ2) is 6.32. The minimum Gasteiger partial charge on any atom is -0.497 e. The Balaban J connectivity index is 1.74. The number of rotatable bonds is 6. The van der Waals surface area contributed by atoms with Crippen LogP contribution in [0.4, 0.5) is 0 Å². The summed E-state index contributed by atoms with van der Waals surface area (Å²) in [7, 11) is 3.20. The Morgan fingerprint density at radius 1 is 1.30 bits per heavy atom. The van der Waals surface area contributed by atoms with Gasteiger partial charge in [-0.1, -0.05) is 5.16 Å². The number of carbonyl (C=O) groups is 1. The van der Waals surface area contributed by atoms with E-state index in [0.29, 0.717) is 23.1 Å². The molecule has 1 atom stereocenters. The number of ether oxygens (including phenoxy) is 2. The molecule has 122 valence electrons. The Labute approximate surface area is 134 Å². The average Bonchev–Trinajstić information content (AvgIpc) is 3.30. The third-order valence-corrected chi connectivity index (χ3v) is 3.99. The van der Waals surface area contributed by atoms with Gasteiger partial charge in [-0.25, -0.2) is 0 Å². The summed E-state index contributed by atoms with van der Waals surface area (Å²) in [4.78, 5) is 12.3. The van der Waals surface area contributed by atoms with Gasteiger partial charge in [0.2, 0.25) is 0 Å². The van der Waals surface area contributed by atoms with E-state index < -0.39 is 0 Å². The fraction of sp³-hybridized carbons (Fsp3) is 0.412. The highest BCUT2D eigenvalue weighted by Crippen LogP contribution is 2.40. The summed E-state index contributed by atoms with van der Waals surface area (Å²) in [6, 6.07) is 6.95. The van der Waals surface area contributed by atoms with Gasteiger partial charge in [-0.05, 0) is 38.0 Å². The SMILES string of the molecule is COc1ccc(OC)c(C(C)NC(=O)c2cc(C3CC3)on2)c1. The van der Waals surface area contributed by atoms with Crippen LogP contribution in [0.15, 0.2) is 28.8 Å². The summed E-state index contributed by atoms with van der Waals surface area (Å²) in [5.74, 6) is 2.36. The number of hydrogen-bond donors (Lipinski definition) is 1. The van der Waals surface area contributed by atoms with Gasteiger partial charge in [0.25, 0.3) is 5.91 Å². The number of nitrogens with one attached hydrogen (secondary N) is 1. The van der Waals surface area contributed by atoms with Crippen molar-refractivity contribution < 1.29 is 18.8 Å². The third-order valence-electron chi connectivity index (χ3n) is 3.99. The van der Waals surface area contributed by atoms with E-state index in [1.807, 2.05) is 25.1 Å². The summed E-state index contributed by atoms with van der Waals surface area (Å²) >= 11 is 0.